The number of ether oxygens (including phenoxy) is 2. The van der Waals surface area contributed by atoms with E-state index in [1.54, 1.807) is 31.4 Å². The van der Waals surface area contributed by atoms with Crippen LogP contribution < -0.4 is 14.5 Å². The predicted octanol–water partition coefficient (Wildman–Crippen LogP) is 5.42. The Kier molecular flexibility index (Phi) is 6.35. The third-order valence-electron chi connectivity index (χ3n) is 8.43. The molecule has 0 unspecified atom stereocenters. The number of hydrogen-bond acceptors (Lipinski definition) is 6. The van der Waals surface area contributed by atoms with E-state index in [1.165, 1.54) is 4.90 Å². The molecular weight excluding hydrogens is 528 g/mol. The lowest BCUT2D eigenvalue weighted by Crippen LogP contribution is -2.49. The van der Waals surface area contributed by atoms with Crippen molar-refractivity contribution in [2.75, 3.05) is 16.9 Å². The number of anilines is 2. The second kappa shape index (κ2) is 10.3. The number of nitrogens with zero attached hydrogens (tertiary/aromatic N) is 2. The van der Waals surface area contributed by atoms with Gasteiger partial charge in [-0.05, 0) is 47.0 Å². The normalized spacial score (nSPS) is 22.1. The van der Waals surface area contributed by atoms with Crippen molar-refractivity contribution in [2.45, 2.75) is 18.2 Å². The Bertz CT molecular complexity index is 1650. The van der Waals surface area contributed by atoms with Gasteiger partial charge in [0.1, 0.15) is 11.8 Å². The summed E-state index contributed by atoms with van der Waals surface area (Å²) in [6, 6.07) is 32.1. The summed E-state index contributed by atoms with van der Waals surface area (Å²) in [7, 11) is 1.56. The Hall–Kier alpha value is -5.17. The van der Waals surface area contributed by atoms with Crippen LogP contribution in [0.25, 0.3) is 6.08 Å². The molecule has 0 radical (unpaired) electrons. The number of esters is 1. The Morgan fingerprint density at radius 3 is 1.98 bits per heavy atom. The van der Waals surface area contributed by atoms with Gasteiger partial charge >= 0.3 is 5.97 Å². The summed E-state index contributed by atoms with van der Waals surface area (Å²) in [6.07, 6.45) is 3.21. The molecule has 42 heavy (non-hydrogen) atoms. The number of methoxy groups -OCH3 is 1. The Morgan fingerprint density at radius 1 is 0.738 bits per heavy atom. The zero-order chi connectivity index (χ0) is 28.8. The maximum absolute atomic E-state index is 14.4. The molecule has 208 valence electrons. The lowest BCUT2D eigenvalue weighted by atomic mass is 9.88. The van der Waals surface area contributed by atoms with Crippen LogP contribution in [-0.2, 0) is 19.1 Å². The average Bonchev–Trinajstić information content (AvgIpc) is 3.53. The van der Waals surface area contributed by atoms with Crippen molar-refractivity contribution in [1.82, 2.24) is 0 Å². The summed E-state index contributed by atoms with van der Waals surface area (Å²) in [5.74, 6) is -2.33. The molecule has 0 N–H and O–H groups in total. The van der Waals surface area contributed by atoms with Crippen molar-refractivity contribution >= 4 is 35.2 Å². The van der Waals surface area contributed by atoms with Crippen molar-refractivity contribution in [3.63, 3.8) is 0 Å². The standard InChI is InChI=1S/C35H28N2O5/c1-41-26-19-17-25(18-20-26)36-33(38)29-28-21-16-22-10-8-9-15-27(22)37(28)31(30(29)34(36)39)35(40)42-32(23-11-4-2-5-12-23)24-13-6-3-7-14-24/h2-21,28-32H,1H3/t28-,29+,30+,31-/m0/s1. The highest BCUT2D eigenvalue weighted by Crippen LogP contribution is 2.50. The molecule has 0 aliphatic carbocycles. The van der Waals surface area contributed by atoms with Gasteiger partial charge in [0.25, 0.3) is 0 Å². The minimum absolute atomic E-state index is 0.327. The van der Waals surface area contributed by atoms with Gasteiger partial charge in [-0.3, -0.25) is 9.59 Å². The summed E-state index contributed by atoms with van der Waals surface area (Å²) in [6.45, 7) is 0. The first-order valence-electron chi connectivity index (χ1n) is 13.9. The molecule has 0 aromatic heterocycles. The molecule has 4 aromatic rings. The van der Waals surface area contributed by atoms with E-state index in [9.17, 15) is 14.4 Å². The van der Waals surface area contributed by atoms with Crippen LogP contribution in [0.2, 0.25) is 0 Å². The highest BCUT2D eigenvalue weighted by Gasteiger charge is 2.65. The van der Waals surface area contributed by atoms with Gasteiger partial charge in [0.05, 0.1) is 30.7 Å². The van der Waals surface area contributed by atoms with Gasteiger partial charge < -0.3 is 14.4 Å². The van der Waals surface area contributed by atoms with Crippen molar-refractivity contribution in [2.24, 2.45) is 11.8 Å². The third kappa shape index (κ3) is 4.08. The Morgan fingerprint density at radius 2 is 1.33 bits per heavy atom. The van der Waals surface area contributed by atoms with E-state index in [1.807, 2.05) is 102 Å². The lowest BCUT2D eigenvalue weighted by molar-refractivity contribution is -0.151. The van der Waals surface area contributed by atoms with Crippen LogP contribution in [0.5, 0.6) is 5.75 Å². The zero-order valence-electron chi connectivity index (χ0n) is 22.9. The number of para-hydroxylation sites is 1. The topological polar surface area (TPSA) is 76.2 Å². The van der Waals surface area contributed by atoms with Gasteiger partial charge in [0.15, 0.2) is 6.10 Å². The van der Waals surface area contributed by atoms with E-state index in [4.69, 9.17) is 9.47 Å². The van der Waals surface area contributed by atoms with Gasteiger partial charge in [-0.25, -0.2) is 9.69 Å². The quantitative estimate of drug-likeness (QED) is 0.233. The van der Waals surface area contributed by atoms with E-state index >= 15 is 0 Å². The van der Waals surface area contributed by atoms with Gasteiger partial charge in [0.2, 0.25) is 11.8 Å². The molecule has 7 rings (SSSR count). The molecule has 4 atom stereocenters. The summed E-state index contributed by atoms with van der Waals surface area (Å²) in [4.78, 5) is 45.7. The van der Waals surface area contributed by atoms with Crippen LogP contribution in [-0.4, -0.2) is 37.0 Å². The number of imide groups is 1. The first kappa shape index (κ1) is 25.8. The van der Waals surface area contributed by atoms with Gasteiger partial charge in [-0.1, -0.05) is 91.0 Å². The molecule has 2 fully saturated rings. The van der Waals surface area contributed by atoms with Crippen LogP contribution in [0.15, 0.2) is 115 Å². The highest BCUT2D eigenvalue weighted by molar-refractivity contribution is 6.24. The second-order valence-electron chi connectivity index (χ2n) is 10.7. The maximum Gasteiger partial charge on any atom is 0.330 e. The summed E-state index contributed by atoms with van der Waals surface area (Å²) >= 11 is 0. The van der Waals surface area contributed by atoms with Crippen LogP contribution in [0.3, 0.4) is 0 Å². The maximum atomic E-state index is 14.4. The molecule has 0 bridgehead atoms. The van der Waals surface area contributed by atoms with Gasteiger partial charge in [0, 0.05) is 5.69 Å². The molecule has 3 heterocycles. The number of carbonyl (C=O) groups is 3. The third-order valence-corrected chi connectivity index (χ3v) is 8.43. The number of rotatable bonds is 6. The van der Waals surface area contributed by atoms with E-state index < -0.39 is 41.9 Å². The van der Waals surface area contributed by atoms with E-state index in [2.05, 4.69) is 0 Å². The monoisotopic (exact) mass is 556 g/mol. The molecular formula is C35H28N2O5. The zero-order valence-corrected chi connectivity index (χ0v) is 22.9. The average molecular weight is 557 g/mol. The first-order valence-corrected chi connectivity index (χ1v) is 13.9. The Balaban J connectivity index is 1.31. The molecule has 2 amide bonds. The summed E-state index contributed by atoms with van der Waals surface area (Å²) in [5.41, 5.74) is 3.80. The van der Waals surface area contributed by atoms with Gasteiger partial charge in [-0.15, -0.1) is 0 Å². The molecule has 7 heteroatoms. The molecule has 4 aromatic carbocycles. The minimum Gasteiger partial charge on any atom is -0.497 e. The Labute approximate surface area is 243 Å². The fourth-order valence-electron chi connectivity index (χ4n) is 6.54. The number of carbonyl (C=O) groups excluding carboxylic acids is 3. The number of fused-ring (bicyclic) bond motifs is 5. The molecule has 3 aliphatic heterocycles. The van der Waals surface area contributed by atoms with Crippen LogP contribution in [0, 0.1) is 11.8 Å². The van der Waals surface area contributed by atoms with Gasteiger partial charge in [-0.2, -0.15) is 0 Å². The molecule has 0 saturated carbocycles. The molecule has 3 aliphatic rings. The summed E-state index contributed by atoms with van der Waals surface area (Å²) < 4.78 is 11.6. The van der Waals surface area contributed by atoms with Crippen LogP contribution in [0.1, 0.15) is 22.8 Å². The highest BCUT2D eigenvalue weighted by atomic mass is 16.5. The van der Waals surface area contributed by atoms with Crippen molar-refractivity contribution < 1.29 is 23.9 Å². The minimum atomic E-state index is -0.999. The molecule has 7 nitrogen and oxygen atoms in total. The van der Waals surface area contributed by atoms with Crippen LogP contribution in [0.4, 0.5) is 11.4 Å². The van der Waals surface area contributed by atoms with Crippen LogP contribution >= 0.6 is 0 Å². The largest absolute Gasteiger partial charge is 0.497 e. The summed E-state index contributed by atoms with van der Waals surface area (Å²) in [5, 5.41) is 0. The SMILES string of the molecule is COc1ccc(N2C(=O)[C@@H]3[C@H](C2=O)[C@@H]2C=Cc4ccccc4N2[C@@H]3C(=O)OC(c2ccccc2)c2ccccc2)cc1. The van der Waals surface area contributed by atoms with Crippen molar-refractivity contribution in [1.29, 1.82) is 0 Å². The predicted molar refractivity (Wildman–Crippen MR) is 159 cm³/mol. The van der Waals surface area contributed by atoms with E-state index in [0.29, 0.717) is 11.4 Å². The number of amides is 2. The smallest absolute Gasteiger partial charge is 0.330 e. The number of benzene rings is 4. The fraction of sp³-hybridized carbons (Fsp3) is 0.171. The number of hydrogen-bond donors (Lipinski definition) is 0. The first-order chi connectivity index (χ1) is 20.6. The fourth-order valence-corrected chi connectivity index (χ4v) is 6.54. The van der Waals surface area contributed by atoms with Crippen molar-refractivity contribution in [3.8, 4) is 5.75 Å². The lowest BCUT2D eigenvalue weighted by Gasteiger charge is -2.36. The second-order valence-corrected chi connectivity index (χ2v) is 10.7. The van der Waals surface area contributed by atoms with Crippen molar-refractivity contribution in [3.05, 3.63) is 132 Å². The van der Waals surface area contributed by atoms with E-state index in [-0.39, 0.29) is 5.91 Å². The van der Waals surface area contributed by atoms with E-state index in [0.717, 1.165) is 22.4 Å². The molecule has 2 saturated heterocycles. The molecule has 0 spiro atoms.